The van der Waals surface area contributed by atoms with E-state index >= 15 is 0 Å². The van der Waals surface area contributed by atoms with Crippen molar-refractivity contribution in [2.24, 2.45) is 0 Å². The second-order valence-electron chi connectivity index (χ2n) is 11.8. The van der Waals surface area contributed by atoms with Gasteiger partial charge in [-0.25, -0.2) is 0 Å². The van der Waals surface area contributed by atoms with Crippen LogP contribution in [0.4, 0.5) is 0 Å². The van der Waals surface area contributed by atoms with Gasteiger partial charge in [0.2, 0.25) is 0 Å². The summed E-state index contributed by atoms with van der Waals surface area (Å²) in [5.41, 5.74) is 14.8. The monoisotopic (exact) mass is 502 g/mol. The van der Waals surface area contributed by atoms with E-state index in [1.54, 1.807) is 0 Å². The molecule has 0 heteroatoms. The second-order valence-corrected chi connectivity index (χ2v) is 11.8. The molecule has 39 heavy (non-hydrogen) atoms. The molecule has 6 aromatic carbocycles. The molecule has 6 aromatic rings. The van der Waals surface area contributed by atoms with Crippen molar-refractivity contribution in [1.82, 2.24) is 0 Å². The summed E-state index contributed by atoms with van der Waals surface area (Å²) in [4.78, 5) is 0. The first-order chi connectivity index (χ1) is 18.9. The highest BCUT2D eigenvalue weighted by Gasteiger charge is 2.30. The maximum atomic E-state index is 2.36. The Bertz CT molecular complexity index is 1780. The first kappa shape index (κ1) is 23.9. The predicted molar refractivity (Wildman–Crippen MR) is 170 cm³/mol. The topological polar surface area (TPSA) is 0 Å². The highest BCUT2D eigenvalue weighted by atomic mass is 14.3. The lowest BCUT2D eigenvalue weighted by atomic mass is 9.82. The number of hydrogen-bond donors (Lipinski definition) is 0. The van der Waals surface area contributed by atoms with Crippen molar-refractivity contribution in [2.75, 3.05) is 0 Å². The summed E-state index contributed by atoms with van der Waals surface area (Å²) in [6.07, 6.45) is 0. The lowest BCUT2D eigenvalue weighted by Crippen LogP contribution is -1.95. The van der Waals surface area contributed by atoms with Gasteiger partial charge in [0.1, 0.15) is 0 Å². The van der Waals surface area contributed by atoms with Crippen LogP contribution in [0.1, 0.15) is 56.2 Å². The van der Waals surface area contributed by atoms with Gasteiger partial charge in [0.25, 0.3) is 0 Å². The van der Waals surface area contributed by atoms with E-state index in [4.69, 9.17) is 0 Å². The molecule has 190 valence electrons. The third-order valence-electron chi connectivity index (χ3n) is 8.75. The van der Waals surface area contributed by atoms with Gasteiger partial charge in [-0.2, -0.15) is 0 Å². The Morgan fingerprint density at radius 1 is 0.410 bits per heavy atom. The average Bonchev–Trinajstić information content (AvgIpc) is 3.28. The first-order valence-electron chi connectivity index (χ1n) is 14.3. The van der Waals surface area contributed by atoms with Crippen LogP contribution in [0.15, 0.2) is 103 Å². The van der Waals surface area contributed by atoms with Gasteiger partial charge in [-0.05, 0) is 102 Å². The SMILES string of the molecule is Cc1ccc2c3c(cccc13)-c1c-2c(-c2ccc(C(C)C)cc2)c2ccccc2c1-c1ccc(C(C)C)cc1. The Morgan fingerprint density at radius 3 is 1.36 bits per heavy atom. The fourth-order valence-corrected chi connectivity index (χ4v) is 6.62. The highest BCUT2D eigenvalue weighted by Crippen LogP contribution is 2.57. The Balaban J connectivity index is 1.65. The molecule has 0 nitrogen and oxygen atoms in total. The molecule has 1 aliphatic rings. The molecular formula is C39H34. The molecule has 0 radical (unpaired) electrons. The Hall–Kier alpha value is -4.16. The third kappa shape index (κ3) is 3.58. The van der Waals surface area contributed by atoms with Gasteiger partial charge in [-0.1, -0.05) is 131 Å². The molecule has 0 amide bonds. The number of benzene rings is 6. The molecule has 0 spiro atoms. The molecule has 0 saturated heterocycles. The van der Waals surface area contributed by atoms with Gasteiger partial charge in [-0.3, -0.25) is 0 Å². The predicted octanol–water partition coefficient (Wildman–Crippen LogP) is 11.5. The summed E-state index contributed by atoms with van der Waals surface area (Å²) >= 11 is 0. The van der Waals surface area contributed by atoms with E-state index in [0.717, 1.165) is 0 Å². The minimum absolute atomic E-state index is 0.513. The molecule has 0 aromatic heterocycles. The van der Waals surface area contributed by atoms with Crippen molar-refractivity contribution in [3.8, 4) is 44.5 Å². The van der Waals surface area contributed by atoms with E-state index in [1.165, 1.54) is 82.7 Å². The van der Waals surface area contributed by atoms with Gasteiger partial charge >= 0.3 is 0 Å². The molecular weight excluding hydrogens is 468 g/mol. The van der Waals surface area contributed by atoms with Crippen molar-refractivity contribution in [2.45, 2.75) is 46.5 Å². The Kier molecular flexibility index (Phi) is 5.49. The molecule has 1 aliphatic carbocycles. The zero-order valence-electron chi connectivity index (χ0n) is 23.5. The van der Waals surface area contributed by atoms with Crippen molar-refractivity contribution in [3.63, 3.8) is 0 Å². The van der Waals surface area contributed by atoms with E-state index in [-0.39, 0.29) is 0 Å². The molecule has 0 unspecified atom stereocenters. The third-order valence-corrected chi connectivity index (χ3v) is 8.75. The molecule has 0 aliphatic heterocycles. The fraction of sp³-hybridized carbons (Fsp3) is 0.179. The lowest BCUT2D eigenvalue weighted by molar-refractivity contribution is 0.867. The van der Waals surface area contributed by atoms with Gasteiger partial charge in [-0.15, -0.1) is 0 Å². The van der Waals surface area contributed by atoms with Crippen LogP contribution in [-0.2, 0) is 0 Å². The van der Waals surface area contributed by atoms with Crippen LogP contribution in [0.25, 0.3) is 66.1 Å². The molecule has 0 N–H and O–H groups in total. The Morgan fingerprint density at radius 2 is 0.872 bits per heavy atom. The lowest BCUT2D eigenvalue weighted by Gasteiger charge is -2.21. The Labute approximate surface area is 232 Å². The number of aryl methyl sites for hydroxylation is 1. The van der Waals surface area contributed by atoms with Crippen LogP contribution < -0.4 is 0 Å². The first-order valence-corrected chi connectivity index (χ1v) is 14.3. The fourth-order valence-electron chi connectivity index (χ4n) is 6.62. The van der Waals surface area contributed by atoms with Crippen LogP contribution in [-0.4, -0.2) is 0 Å². The summed E-state index contributed by atoms with van der Waals surface area (Å²) in [5, 5.41) is 5.38. The second kappa shape index (κ2) is 8.95. The van der Waals surface area contributed by atoms with Crippen molar-refractivity contribution in [1.29, 1.82) is 0 Å². The van der Waals surface area contributed by atoms with E-state index in [9.17, 15) is 0 Å². The molecule has 0 saturated carbocycles. The summed E-state index contributed by atoms with van der Waals surface area (Å²) in [5.74, 6) is 1.03. The van der Waals surface area contributed by atoms with Crippen LogP contribution in [0.2, 0.25) is 0 Å². The van der Waals surface area contributed by atoms with E-state index < -0.39 is 0 Å². The van der Waals surface area contributed by atoms with Crippen LogP contribution >= 0.6 is 0 Å². The van der Waals surface area contributed by atoms with E-state index in [1.807, 2.05) is 0 Å². The van der Waals surface area contributed by atoms with Gasteiger partial charge in [0, 0.05) is 0 Å². The smallest absolute Gasteiger partial charge is 0.000741 e. The number of hydrogen-bond acceptors (Lipinski definition) is 0. The summed E-state index contributed by atoms with van der Waals surface area (Å²) in [6.45, 7) is 11.3. The van der Waals surface area contributed by atoms with Crippen LogP contribution in [0.3, 0.4) is 0 Å². The van der Waals surface area contributed by atoms with Gasteiger partial charge in [0.05, 0.1) is 0 Å². The van der Waals surface area contributed by atoms with Crippen molar-refractivity contribution in [3.05, 3.63) is 120 Å². The van der Waals surface area contributed by atoms with Crippen molar-refractivity contribution >= 4 is 21.5 Å². The minimum atomic E-state index is 0.513. The summed E-state index contributed by atoms with van der Waals surface area (Å²) < 4.78 is 0. The van der Waals surface area contributed by atoms with Crippen molar-refractivity contribution < 1.29 is 0 Å². The molecule has 0 atom stereocenters. The zero-order chi connectivity index (χ0) is 26.8. The van der Waals surface area contributed by atoms with E-state index in [0.29, 0.717) is 11.8 Å². The maximum absolute atomic E-state index is 2.36. The maximum Gasteiger partial charge on any atom is -0.000741 e. The van der Waals surface area contributed by atoms with Gasteiger partial charge in [0.15, 0.2) is 0 Å². The highest BCUT2D eigenvalue weighted by molar-refractivity contribution is 6.27. The summed E-state index contributed by atoms with van der Waals surface area (Å²) in [7, 11) is 0. The number of rotatable bonds is 4. The largest absolute Gasteiger partial charge is 0.0616 e. The van der Waals surface area contributed by atoms with Crippen LogP contribution in [0.5, 0.6) is 0 Å². The average molecular weight is 503 g/mol. The van der Waals surface area contributed by atoms with E-state index in [2.05, 4.69) is 138 Å². The quantitative estimate of drug-likeness (QED) is 0.224. The minimum Gasteiger partial charge on any atom is -0.0616 e. The standard InChI is InChI=1S/C39H34/c1-23(2)26-14-18-28(19-15-26)35-31-9-6-7-10-32(31)36(29-20-16-27(17-21-29)24(3)4)39-34-22-13-25(5)30-11-8-12-33(37(30)34)38(35)39/h6-24H,1-5H3. The number of fused-ring (bicyclic) bond motifs is 4. The molecule has 0 bridgehead atoms. The molecule has 0 heterocycles. The zero-order valence-corrected chi connectivity index (χ0v) is 23.5. The molecule has 7 rings (SSSR count). The summed E-state index contributed by atoms with van der Waals surface area (Å²) in [6, 6.07) is 39.1. The normalized spacial score (nSPS) is 12.2. The molecule has 0 fully saturated rings. The van der Waals surface area contributed by atoms with Crippen LogP contribution in [0, 0.1) is 6.92 Å². The van der Waals surface area contributed by atoms with Gasteiger partial charge < -0.3 is 0 Å².